The van der Waals surface area contributed by atoms with Gasteiger partial charge in [0.25, 0.3) is 0 Å². The smallest absolute Gasteiger partial charge is 0.00186 e. The number of benzene rings is 1. The Bertz CT molecular complexity index is 733. The second kappa shape index (κ2) is 38.2. The highest BCUT2D eigenvalue weighted by Crippen LogP contribution is 2.19. The van der Waals surface area contributed by atoms with Crippen molar-refractivity contribution in [2.45, 2.75) is 239 Å². The molecule has 0 heterocycles. The lowest BCUT2D eigenvalue weighted by atomic mass is 10.0. The van der Waals surface area contributed by atoms with Gasteiger partial charge in [-0.05, 0) is 62.9 Å². The lowest BCUT2D eigenvalue weighted by Gasteiger charge is -2.22. The van der Waals surface area contributed by atoms with E-state index in [-0.39, 0.29) is 0 Å². The maximum atomic E-state index is 4.38. The molecule has 0 spiro atoms. The summed E-state index contributed by atoms with van der Waals surface area (Å²) in [6.07, 6.45) is 50.2. The highest BCUT2D eigenvalue weighted by Gasteiger charge is 2.06. The van der Waals surface area contributed by atoms with E-state index < -0.39 is 0 Å². The fourth-order valence-corrected chi connectivity index (χ4v) is 7.59. The molecule has 1 aromatic rings. The van der Waals surface area contributed by atoms with Crippen molar-refractivity contribution in [1.29, 1.82) is 0 Å². The van der Waals surface area contributed by atoms with E-state index in [1.165, 1.54) is 249 Å². The molecule has 0 fully saturated rings. The van der Waals surface area contributed by atoms with Crippen molar-refractivity contribution >= 4 is 5.57 Å². The van der Waals surface area contributed by atoms with Crippen LogP contribution in [-0.4, -0.2) is 24.5 Å². The summed E-state index contributed by atoms with van der Waals surface area (Å²) in [6.45, 7) is 12.9. The molecule has 1 nitrogen and oxygen atoms in total. The van der Waals surface area contributed by atoms with E-state index in [0.717, 1.165) is 6.42 Å². The Balaban J connectivity index is 2.10. The van der Waals surface area contributed by atoms with Crippen molar-refractivity contribution in [3.63, 3.8) is 0 Å². The summed E-state index contributed by atoms with van der Waals surface area (Å²) in [7, 11) is 0. The van der Waals surface area contributed by atoms with Crippen LogP contribution in [0, 0.1) is 0 Å². The summed E-state index contributed by atoms with van der Waals surface area (Å²) in [4.78, 5) is 2.82. The molecule has 1 rings (SSSR count). The van der Waals surface area contributed by atoms with Gasteiger partial charge in [0, 0.05) is 0 Å². The molecule has 0 aromatic heterocycles. The minimum absolute atomic E-state index is 1.13. The Labute approximate surface area is 310 Å². The average molecular weight is 680 g/mol. The number of nitrogens with zero attached hydrogens (tertiary/aromatic N) is 1. The van der Waals surface area contributed by atoms with Crippen LogP contribution in [0.2, 0.25) is 0 Å². The van der Waals surface area contributed by atoms with Crippen LogP contribution < -0.4 is 0 Å². The Morgan fingerprint density at radius 2 is 0.633 bits per heavy atom. The molecule has 49 heavy (non-hydrogen) atoms. The number of hydrogen-bond donors (Lipinski definition) is 0. The average Bonchev–Trinajstić information content (AvgIpc) is 3.12. The molecule has 0 saturated carbocycles. The lowest BCUT2D eigenvalue weighted by Crippen LogP contribution is -2.27. The van der Waals surface area contributed by atoms with E-state index >= 15 is 0 Å². The molecule has 0 saturated heterocycles. The fraction of sp³-hybridized carbons (Fsp3) is 0.833. The predicted octanol–water partition coefficient (Wildman–Crippen LogP) is 16.7. The van der Waals surface area contributed by atoms with E-state index in [9.17, 15) is 0 Å². The molecule has 0 unspecified atom stereocenters. The lowest BCUT2D eigenvalue weighted by molar-refractivity contribution is 0.255. The zero-order chi connectivity index (χ0) is 35.1. The zero-order valence-electron chi connectivity index (χ0n) is 33.9. The maximum absolute atomic E-state index is 4.38. The van der Waals surface area contributed by atoms with Crippen LogP contribution in [0.3, 0.4) is 0 Å². The van der Waals surface area contributed by atoms with E-state index in [0.29, 0.717) is 0 Å². The van der Waals surface area contributed by atoms with Crippen LogP contribution in [0.5, 0.6) is 0 Å². The maximum Gasteiger partial charge on any atom is -0.00186 e. The van der Waals surface area contributed by atoms with Crippen molar-refractivity contribution in [2.24, 2.45) is 0 Å². The van der Waals surface area contributed by atoms with Crippen molar-refractivity contribution < 1.29 is 0 Å². The second-order valence-electron chi connectivity index (χ2n) is 15.9. The summed E-state index contributed by atoms with van der Waals surface area (Å²) in [5.41, 5.74) is 2.63. The van der Waals surface area contributed by atoms with Gasteiger partial charge in [0.1, 0.15) is 0 Å². The second-order valence-corrected chi connectivity index (χ2v) is 15.9. The van der Waals surface area contributed by atoms with Crippen LogP contribution in [0.25, 0.3) is 5.57 Å². The predicted molar refractivity (Wildman–Crippen MR) is 225 cm³/mol. The molecular weight excluding hydrogens is 591 g/mol. The summed E-state index contributed by atoms with van der Waals surface area (Å²) in [5, 5.41) is 0. The number of unbranched alkanes of at least 4 members (excludes halogenated alkanes) is 31. The van der Waals surface area contributed by atoms with Crippen molar-refractivity contribution in [3.05, 3.63) is 42.5 Å². The first-order chi connectivity index (χ1) is 24.3. The van der Waals surface area contributed by atoms with Crippen LogP contribution in [0.4, 0.5) is 0 Å². The van der Waals surface area contributed by atoms with Crippen LogP contribution in [0.15, 0.2) is 36.9 Å². The molecule has 0 radical (unpaired) electrons. The highest BCUT2D eigenvalue weighted by atomic mass is 15.1. The van der Waals surface area contributed by atoms with Crippen molar-refractivity contribution in [3.8, 4) is 0 Å². The van der Waals surface area contributed by atoms with Crippen LogP contribution >= 0.6 is 0 Å². The Morgan fingerprint density at radius 3 is 0.939 bits per heavy atom. The molecule has 0 aliphatic heterocycles. The molecule has 0 amide bonds. The fourth-order valence-electron chi connectivity index (χ4n) is 7.59. The van der Waals surface area contributed by atoms with Crippen molar-refractivity contribution in [1.82, 2.24) is 4.90 Å². The molecule has 0 aliphatic rings. The minimum atomic E-state index is 1.13. The summed E-state index contributed by atoms with van der Waals surface area (Å²) >= 11 is 0. The molecule has 0 atom stereocenters. The van der Waals surface area contributed by atoms with Gasteiger partial charge in [-0.25, -0.2) is 0 Å². The first kappa shape index (κ1) is 45.9. The third kappa shape index (κ3) is 32.6. The number of hydrogen-bond acceptors (Lipinski definition) is 1. The minimum Gasteiger partial charge on any atom is -0.303 e. The summed E-state index contributed by atoms with van der Waals surface area (Å²) < 4.78 is 0. The monoisotopic (exact) mass is 680 g/mol. The molecule has 0 bridgehead atoms. The van der Waals surface area contributed by atoms with Gasteiger partial charge in [0.05, 0.1) is 0 Å². The van der Waals surface area contributed by atoms with Crippen LogP contribution in [0.1, 0.15) is 244 Å². The van der Waals surface area contributed by atoms with E-state index in [1.807, 2.05) is 0 Å². The first-order valence-corrected chi connectivity index (χ1v) is 22.7. The van der Waals surface area contributed by atoms with E-state index in [2.05, 4.69) is 55.7 Å². The SMILES string of the molecule is C=C(CCCCN(CCCCCCCCCCCCCCCCCC)CCCCCCCCCCCCCCCCCC)c1ccccc1. The first-order valence-electron chi connectivity index (χ1n) is 22.7. The molecule has 0 N–H and O–H groups in total. The third-order valence-corrected chi connectivity index (χ3v) is 11.0. The third-order valence-electron chi connectivity index (χ3n) is 11.0. The van der Waals surface area contributed by atoms with Gasteiger partial charge in [-0.1, -0.05) is 243 Å². The molecule has 1 aromatic carbocycles. The van der Waals surface area contributed by atoms with Gasteiger partial charge >= 0.3 is 0 Å². The molecular formula is C48H89N. The topological polar surface area (TPSA) is 3.24 Å². The summed E-state index contributed by atoms with van der Waals surface area (Å²) in [6, 6.07) is 10.8. The van der Waals surface area contributed by atoms with Crippen molar-refractivity contribution in [2.75, 3.05) is 19.6 Å². The normalized spacial score (nSPS) is 11.6. The Hall–Kier alpha value is -1.08. The highest BCUT2D eigenvalue weighted by molar-refractivity contribution is 5.62. The van der Waals surface area contributed by atoms with Gasteiger partial charge < -0.3 is 4.90 Å². The molecule has 0 aliphatic carbocycles. The van der Waals surface area contributed by atoms with Gasteiger partial charge in [0.15, 0.2) is 0 Å². The molecule has 286 valence electrons. The zero-order valence-corrected chi connectivity index (χ0v) is 33.9. The van der Waals surface area contributed by atoms with Gasteiger partial charge in [-0.15, -0.1) is 0 Å². The van der Waals surface area contributed by atoms with Gasteiger partial charge in [-0.2, -0.15) is 0 Å². The van der Waals surface area contributed by atoms with E-state index in [4.69, 9.17) is 0 Å². The summed E-state index contributed by atoms with van der Waals surface area (Å²) in [5.74, 6) is 0. The Morgan fingerprint density at radius 1 is 0.367 bits per heavy atom. The quantitative estimate of drug-likeness (QED) is 0.0624. The van der Waals surface area contributed by atoms with E-state index in [1.54, 1.807) is 0 Å². The molecule has 1 heteroatoms. The standard InChI is InChI=1S/C48H89N/c1-4-6-8-10-12-14-16-18-20-22-24-26-28-30-32-38-44-49(46-40-37-41-47(3)48-42-35-34-36-43-48)45-39-33-31-29-27-25-23-21-19-17-15-13-11-9-7-5-2/h34-36,42-43H,3-33,37-41,44-46H2,1-2H3. The van der Waals surface area contributed by atoms with Crippen LogP contribution in [-0.2, 0) is 0 Å². The Kier molecular flexibility index (Phi) is 35.8. The number of rotatable bonds is 40. The number of allylic oxidation sites excluding steroid dienone is 1. The van der Waals surface area contributed by atoms with Gasteiger partial charge in [0.2, 0.25) is 0 Å². The largest absolute Gasteiger partial charge is 0.303 e. The van der Waals surface area contributed by atoms with Gasteiger partial charge in [-0.3, -0.25) is 0 Å².